The van der Waals surface area contributed by atoms with Crippen LogP contribution in [0.3, 0.4) is 0 Å². The molecule has 0 atom stereocenters. The highest BCUT2D eigenvalue weighted by molar-refractivity contribution is 5.78. The van der Waals surface area contributed by atoms with Crippen molar-refractivity contribution >= 4 is 5.91 Å². The smallest absolute Gasteiger partial charge is 0.234 e. The van der Waals surface area contributed by atoms with E-state index in [2.05, 4.69) is 39.4 Å². The van der Waals surface area contributed by atoms with Gasteiger partial charge in [0.25, 0.3) is 0 Å². The molecule has 6 heteroatoms. The molecule has 168 valence electrons. The molecule has 3 rings (SSSR count). The number of piperazine rings is 1. The molecule has 1 fully saturated rings. The molecule has 2 aromatic rings. The third kappa shape index (κ3) is 7.56. The highest BCUT2D eigenvalue weighted by Crippen LogP contribution is 2.28. The van der Waals surface area contributed by atoms with E-state index in [4.69, 9.17) is 9.47 Å². The minimum Gasteiger partial charge on any atom is -0.490 e. The lowest BCUT2D eigenvalue weighted by Gasteiger charge is -2.34. The van der Waals surface area contributed by atoms with Crippen molar-refractivity contribution in [2.75, 3.05) is 52.5 Å². The summed E-state index contributed by atoms with van der Waals surface area (Å²) in [5, 5.41) is 3.05. The molecule has 6 nitrogen and oxygen atoms in total. The first-order chi connectivity index (χ1) is 15.2. The third-order valence-electron chi connectivity index (χ3n) is 5.42. The monoisotopic (exact) mass is 425 g/mol. The number of benzene rings is 2. The number of carbonyl (C=O) groups excluding carboxylic acids is 1. The van der Waals surface area contributed by atoms with E-state index in [1.165, 1.54) is 5.56 Å². The van der Waals surface area contributed by atoms with Gasteiger partial charge in [0, 0.05) is 39.3 Å². The van der Waals surface area contributed by atoms with Crippen LogP contribution in [0, 0.1) is 0 Å². The molecule has 1 amide bonds. The van der Waals surface area contributed by atoms with Gasteiger partial charge in [-0.05, 0) is 43.5 Å². The van der Waals surface area contributed by atoms with Crippen LogP contribution in [0.5, 0.6) is 11.5 Å². The molecule has 0 radical (unpaired) electrons. The summed E-state index contributed by atoms with van der Waals surface area (Å²) < 4.78 is 11.3. The molecule has 31 heavy (non-hydrogen) atoms. The van der Waals surface area contributed by atoms with Crippen molar-refractivity contribution in [2.24, 2.45) is 0 Å². The minimum absolute atomic E-state index is 0.0903. The van der Waals surface area contributed by atoms with Crippen LogP contribution in [0.4, 0.5) is 0 Å². The number of carbonyl (C=O) groups is 1. The van der Waals surface area contributed by atoms with Crippen LogP contribution in [-0.4, -0.2) is 68.2 Å². The molecule has 0 aromatic heterocycles. The van der Waals surface area contributed by atoms with Gasteiger partial charge in [-0.25, -0.2) is 0 Å². The van der Waals surface area contributed by atoms with Crippen molar-refractivity contribution in [1.29, 1.82) is 0 Å². The molecule has 0 saturated carbocycles. The van der Waals surface area contributed by atoms with Crippen LogP contribution in [0.25, 0.3) is 0 Å². The summed E-state index contributed by atoms with van der Waals surface area (Å²) in [6.45, 7) is 11.0. The fourth-order valence-electron chi connectivity index (χ4n) is 3.80. The second-order valence-electron chi connectivity index (χ2n) is 7.78. The predicted octanol–water partition coefficient (Wildman–Crippen LogP) is 2.96. The van der Waals surface area contributed by atoms with E-state index in [-0.39, 0.29) is 5.91 Å². The summed E-state index contributed by atoms with van der Waals surface area (Å²) in [6.07, 6.45) is 0.767. The quantitative estimate of drug-likeness (QED) is 0.600. The van der Waals surface area contributed by atoms with Gasteiger partial charge >= 0.3 is 0 Å². The van der Waals surface area contributed by atoms with Gasteiger partial charge < -0.3 is 14.8 Å². The predicted molar refractivity (Wildman–Crippen MR) is 124 cm³/mol. The number of nitrogens with one attached hydrogen (secondary N) is 1. The summed E-state index contributed by atoms with van der Waals surface area (Å²) in [4.78, 5) is 17.1. The second-order valence-corrected chi connectivity index (χ2v) is 7.78. The zero-order valence-corrected chi connectivity index (χ0v) is 18.8. The highest BCUT2D eigenvalue weighted by atomic mass is 16.5. The van der Waals surface area contributed by atoms with E-state index in [0.717, 1.165) is 56.2 Å². The Morgan fingerprint density at radius 2 is 1.55 bits per heavy atom. The molecule has 0 aliphatic carbocycles. The fourth-order valence-corrected chi connectivity index (χ4v) is 3.80. The maximum atomic E-state index is 12.4. The molecule has 0 spiro atoms. The van der Waals surface area contributed by atoms with Gasteiger partial charge in [-0.2, -0.15) is 0 Å². The zero-order chi connectivity index (χ0) is 21.9. The van der Waals surface area contributed by atoms with Gasteiger partial charge in [-0.15, -0.1) is 0 Å². The molecular weight excluding hydrogens is 390 g/mol. The normalized spacial score (nSPS) is 14.9. The van der Waals surface area contributed by atoms with E-state index < -0.39 is 0 Å². The average molecular weight is 426 g/mol. The Bertz CT molecular complexity index is 805. The summed E-state index contributed by atoms with van der Waals surface area (Å²) >= 11 is 0. The van der Waals surface area contributed by atoms with E-state index in [0.29, 0.717) is 26.3 Å². The van der Waals surface area contributed by atoms with Crippen molar-refractivity contribution < 1.29 is 14.3 Å². The van der Waals surface area contributed by atoms with Crippen LogP contribution >= 0.6 is 0 Å². The number of hydrogen-bond donors (Lipinski definition) is 1. The van der Waals surface area contributed by atoms with Crippen molar-refractivity contribution in [2.45, 2.75) is 26.8 Å². The summed E-state index contributed by atoms with van der Waals surface area (Å²) in [6, 6.07) is 16.5. The Morgan fingerprint density at radius 3 is 2.26 bits per heavy atom. The van der Waals surface area contributed by atoms with Crippen LogP contribution in [0.2, 0.25) is 0 Å². The van der Waals surface area contributed by atoms with Crippen LogP contribution in [-0.2, 0) is 17.8 Å². The Labute approximate surface area is 186 Å². The average Bonchev–Trinajstić information content (AvgIpc) is 2.78. The summed E-state index contributed by atoms with van der Waals surface area (Å²) in [5.41, 5.74) is 2.47. The van der Waals surface area contributed by atoms with Gasteiger partial charge in [0.05, 0.1) is 19.8 Å². The zero-order valence-electron chi connectivity index (χ0n) is 18.8. The van der Waals surface area contributed by atoms with Crippen molar-refractivity contribution in [3.63, 3.8) is 0 Å². The Balaban J connectivity index is 1.36. The highest BCUT2D eigenvalue weighted by Gasteiger charge is 2.18. The number of hydrogen-bond acceptors (Lipinski definition) is 5. The van der Waals surface area contributed by atoms with Crippen LogP contribution in [0.1, 0.15) is 25.0 Å². The lowest BCUT2D eigenvalue weighted by molar-refractivity contribution is -0.122. The lowest BCUT2D eigenvalue weighted by atomic mass is 10.1. The minimum atomic E-state index is 0.0903. The Morgan fingerprint density at radius 1 is 0.871 bits per heavy atom. The van der Waals surface area contributed by atoms with E-state index in [9.17, 15) is 4.79 Å². The maximum absolute atomic E-state index is 12.4. The van der Waals surface area contributed by atoms with E-state index >= 15 is 0 Å². The van der Waals surface area contributed by atoms with Crippen molar-refractivity contribution in [1.82, 2.24) is 15.1 Å². The Hall–Kier alpha value is -2.57. The third-order valence-corrected chi connectivity index (χ3v) is 5.42. The van der Waals surface area contributed by atoms with Gasteiger partial charge in [0.15, 0.2) is 11.5 Å². The number of nitrogens with zero attached hydrogens (tertiary/aromatic N) is 2. The fraction of sp³-hybridized carbons (Fsp3) is 0.480. The summed E-state index contributed by atoms with van der Waals surface area (Å²) in [5.74, 6) is 1.62. The molecule has 1 aliphatic rings. The molecule has 1 N–H and O–H groups in total. The van der Waals surface area contributed by atoms with Crippen molar-refractivity contribution in [3.05, 3.63) is 59.7 Å². The molecule has 2 aromatic carbocycles. The molecule has 1 saturated heterocycles. The number of amides is 1. The first-order valence-electron chi connectivity index (χ1n) is 11.3. The molecule has 1 aliphatic heterocycles. The van der Waals surface area contributed by atoms with E-state index in [1.807, 2.05) is 38.1 Å². The number of ether oxygens (including phenoxy) is 2. The lowest BCUT2D eigenvalue weighted by Crippen LogP contribution is -2.49. The van der Waals surface area contributed by atoms with Gasteiger partial charge in [0.2, 0.25) is 5.91 Å². The first kappa shape index (κ1) is 23.1. The number of rotatable bonds is 11. The molecule has 0 bridgehead atoms. The largest absolute Gasteiger partial charge is 0.490 e. The molecular formula is C25H35N3O3. The molecule has 1 heterocycles. The van der Waals surface area contributed by atoms with Crippen LogP contribution < -0.4 is 14.8 Å². The topological polar surface area (TPSA) is 54.0 Å². The van der Waals surface area contributed by atoms with Crippen molar-refractivity contribution in [3.8, 4) is 11.5 Å². The summed E-state index contributed by atoms with van der Waals surface area (Å²) in [7, 11) is 0. The molecule has 0 unspecified atom stereocenters. The SMILES string of the molecule is CCOc1ccc(CCNC(=O)CN2CCN(Cc3ccccc3)CC2)cc1OCC. The second kappa shape index (κ2) is 12.3. The van der Waals surface area contributed by atoms with Crippen LogP contribution in [0.15, 0.2) is 48.5 Å². The van der Waals surface area contributed by atoms with E-state index in [1.54, 1.807) is 0 Å². The maximum Gasteiger partial charge on any atom is 0.234 e. The van der Waals surface area contributed by atoms with Gasteiger partial charge in [0.1, 0.15) is 0 Å². The Kier molecular flexibility index (Phi) is 9.18. The van der Waals surface area contributed by atoms with Gasteiger partial charge in [-0.1, -0.05) is 36.4 Å². The standard InChI is InChI=1S/C25H35N3O3/c1-3-30-23-11-10-21(18-24(23)31-4-2)12-13-26-25(29)20-28-16-14-27(15-17-28)19-22-8-6-5-7-9-22/h5-11,18H,3-4,12-17,19-20H2,1-2H3,(H,26,29). The first-order valence-corrected chi connectivity index (χ1v) is 11.3. The van der Waals surface area contributed by atoms with Gasteiger partial charge in [-0.3, -0.25) is 14.6 Å².